The molecule has 1 N–H and O–H groups in total. The van der Waals surface area contributed by atoms with E-state index in [4.69, 9.17) is 16.3 Å². The smallest absolute Gasteiger partial charge is 0.264 e. The van der Waals surface area contributed by atoms with Gasteiger partial charge < -0.3 is 10.1 Å². The van der Waals surface area contributed by atoms with Gasteiger partial charge in [0, 0.05) is 10.7 Å². The van der Waals surface area contributed by atoms with E-state index in [-0.39, 0.29) is 4.90 Å². The van der Waals surface area contributed by atoms with Crippen molar-refractivity contribution >= 4 is 38.9 Å². The number of sulfonamides is 1. The van der Waals surface area contributed by atoms with Gasteiger partial charge >= 0.3 is 0 Å². The highest BCUT2D eigenvalue weighted by atomic mass is 35.5. The van der Waals surface area contributed by atoms with Gasteiger partial charge in [0.05, 0.1) is 17.7 Å². The maximum absolute atomic E-state index is 13.3. The van der Waals surface area contributed by atoms with Crippen LogP contribution in [0, 0.1) is 6.92 Å². The van der Waals surface area contributed by atoms with Crippen molar-refractivity contribution in [2.24, 2.45) is 0 Å². The fourth-order valence-corrected chi connectivity index (χ4v) is 4.41. The fourth-order valence-electron chi connectivity index (χ4n) is 2.80. The van der Waals surface area contributed by atoms with Crippen molar-refractivity contribution in [2.75, 3.05) is 23.3 Å². The van der Waals surface area contributed by atoms with Gasteiger partial charge in [-0.05, 0) is 61.5 Å². The molecule has 1 amide bonds. The molecule has 0 aliphatic heterocycles. The third-order valence-electron chi connectivity index (χ3n) is 4.36. The number of halogens is 1. The van der Waals surface area contributed by atoms with Crippen molar-refractivity contribution in [1.29, 1.82) is 0 Å². The molecule has 3 aromatic rings. The number of carbonyl (C=O) groups is 1. The Morgan fingerprint density at radius 2 is 1.70 bits per heavy atom. The number of hydrogen-bond acceptors (Lipinski definition) is 4. The molecular formula is C22H21ClN2O4S. The minimum Gasteiger partial charge on any atom is -0.497 e. The van der Waals surface area contributed by atoms with E-state index in [1.807, 2.05) is 6.92 Å². The van der Waals surface area contributed by atoms with Crippen LogP contribution in [-0.4, -0.2) is 28.0 Å². The van der Waals surface area contributed by atoms with Gasteiger partial charge in [-0.1, -0.05) is 35.4 Å². The Morgan fingerprint density at radius 1 is 1.03 bits per heavy atom. The summed E-state index contributed by atoms with van der Waals surface area (Å²) in [7, 11) is -2.46. The van der Waals surface area contributed by atoms with Crippen molar-refractivity contribution < 1.29 is 17.9 Å². The molecule has 0 spiro atoms. The molecule has 0 atom stereocenters. The van der Waals surface area contributed by atoms with Crippen LogP contribution in [0.2, 0.25) is 5.02 Å². The van der Waals surface area contributed by atoms with E-state index in [1.54, 1.807) is 60.7 Å². The minimum absolute atomic E-state index is 0.0967. The molecule has 8 heteroatoms. The second kappa shape index (κ2) is 9.19. The van der Waals surface area contributed by atoms with Crippen molar-refractivity contribution in [1.82, 2.24) is 0 Å². The van der Waals surface area contributed by atoms with E-state index >= 15 is 0 Å². The summed E-state index contributed by atoms with van der Waals surface area (Å²) in [6, 6.07) is 19.6. The first-order valence-electron chi connectivity index (χ1n) is 9.08. The number of hydrogen-bond donors (Lipinski definition) is 1. The summed E-state index contributed by atoms with van der Waals surface area (Å²) in [6.45, 7) is 1.46. The van der Waals surface area contributed by atoms with Gasteiger partial charge in [-0.2, -0.15) is 0 Å². The van der Waals surface area contributed by atoms with Crippen LogP contribution in [0.3, 0.4) is 0 Å². The summed E-state index contributed by atoms with van der Waals surface area (Å²) < 4.78 is 32.9. The molecule has 0 fully saturated rings. The van der Waals surface area contributed by atoms with E-state index in [0.717, 1.165) is 9.87 Å². The number of rotatable bonds is 7. The summed E-state index contributed by atoms with van der Waals surface area (Å²) in [5.74, 6) is 0.0820. The van der Waals surface area contributed by atoms with Crippen LogP contribution in [-0.2, 0) is 14.8 Å². The molecule has 0 aliphatic rings. The molecule has 0 unspecified atom stereocenters. The Hall–Kier alpha value is -3.03. The van der Waals surface area contributed by atoms with E-state index in [0.29, 0.717) is 22.1 Å². The normalized spacial score (nSPS) is 11.0. The zero-order valence-electron chi connectivity index (χ0n) is 16.5. The van der Waals surface area contributed by atoms with Gasteiger partial charge in [0.1, 0.15) is 12.3 Å². The Morgan fingerprint density at radius 3 is 2.30 bits per heavy atom. The van der Waals surface area contributed by atoms with Gasteiger partial charge in [0.15, 0.2) is 0 Å². The number of benzene rings is 3. The molecule has 0 aliphatic carbocycles. The predicted molar refractivity (Wildman–Crippen MR) is 119 cm³/mol. The summed E-state index contributed by atoms with van der Waals surface area (Å²) in [5.41, 5.74) is 1.76. The molecule has 3 aromatic carbocycles. The number of aryl methyl sites for hydroxylation is 1. The van der Waals surface area contributed by atoms with Crippen LogP contribution in [0.25, 0.3) is 0 Å². The first kappa shape index (κ1) is 21.7. The molecule has 0 bridgehead atoms. The number of amides is 1. The molecule has 30 heavy (non-hydrogen) atoms. The third-order valence-corrected chi connectivity index (χ3v) is 6.39. The first-order valence-corrected chi connectivity index (χ1v) is 10.9. The topological polar surface area (TPSA) is 75.7 Å². The Kier molecular flexibility index (Phi) is 6.64. The third kappa shape index (κ3) is 5.11. The molecule has 0 radical (unpaired) electrons. The van der Waals surface area contributed by atoms with E-state index in [1.165, 1.54) is 19.2 Å². The number of nitrogens with one attached hydrogen (secondary N) is 1. The lowest BCUT2D eigenvalue weighted by Gasteiger charge is -2.24. The molecule has 156 valence electrons. The zero-order valence-corrected chi connectivity index (χ0v) is 18.1. The van der Waals surface area contributed by atoms with Gasteiger partial charge in [0.2, 0.25) is 5.91 Å². The quantitative estimate of drug-likeness (QED) is 0.582. The predicted octanol–water partition coefficient (Wildman–Crippen LogP) is 4.49. The van der Waals surface area contributed by atoms with Crippen LogP contribution in [0.15, 0.2) is 77.7 Å². The highest BCUT2D eigenvalue weighted by Crippen LogP contribution is 2.26. The lowest BCUT2D eigenvalue weighted by molar-refractivity contribution is -0.114. The number of nitrogens with zero attached hydrogens (tertiary/aromatic N) is 1. The van der Waals surface area contributed by atoms with Gasteiger partial charge in [-0.15, -0.1) is 0 Å². The second-order valence-electron chi connectivity index (χ2n) is 6.58. The summed E-state index contributed by atoms with van der Waals surface area (Å²) in [4.78, 5) is 12.8. The first-order chi connectivity index (χ1) is 14.3. The molecule has 0 heterocycles. The highest BCUT2D eigenvalue weighted by Gasteiger charge is 2.27. The molecule has 3 rings (SSSR count). The fraction of sp³-hybridized carbons (Fsp3) is 0.136. The number of methoxy groups -OCH3 is 1. The Balaban J connectivity index is 1.94. The van der Waals surface area contributed by atoms with Crippen LogP contribution in [0.5, 0.6) is 5.75 Å². The molecule has 0 aromatic heterocycles. The lowest BCUT2D eigenvalue weighted by Crippen LogP contribution is -2.38. The summed E-state index contributed by atoms with van der Waals surface area (Å²) in [5, 5.41) is 3.15. The minimum atomic E-state index is -3.98. The monoisotopic (exact) mass is 444 g/mol. The van der Waals surface area contributed by atoms with E-state index in [9.17, 15) is 13.2 Å². The maximum atomic E-state index is 13.3. The SMILES string of the molecule is COc1ccc(N(CC(=O)Nc2cccc(Cl)c2)S(=O)(=O)c2ccc(C)cc2)cc1. The van der Waals surface area contributed by atoms with Crippen LogP contribution >= 0.6 is 11.6 Å². The molecular weight excluding hydrogens is 424 g/mol. The Labute approximate surface area is 181 Å². The number of ether oxygens (including phenoxy) is 1. The van der Waals surface area contributed by atoms with Crippen molar-refractivity contribution in [3.05, 3.63) is 83.4 Å². The van der Waals surface area contributed by atoms with Crippen molar-refractivity contribution in [2.45, 2.75) is 11.8 Å². The molecule has 6 nitrogen and oxygen atoms in total. The van der Waals surface area contributed by atoms with E-state index in [2.05, 4.69) is 5.32 Å². The van der Waals surface area contributed by atoms with Gasteiger partial charge in [-0.3, -0.25) is 9.10 Å². The zero-order chi connectivity index (χ0) is 21.7. The summed E-state index contributed by atoms with van der Waals surface area (Å²) >= 11 is 5.95. The van der Waals surface area contributed by atoms with E-state index < -0.39 is 22.5 Å². The molecule has 0 saturated carbocycles. The average molecular weight is 445 g/mol. The molecule has 0 saturated heterocycles. The number of anilines is 2. The van der Waals surface area contributed by atoms with Crippen LogP contribution in [0.1, 0.15) is 5.56 Å². The largest absolute Gasteiger partial charge is 0.497 e. The summed E-state index contributed by atoms with van der Waals surface area (Å²) in [6.07, 6.45) is 0. The highest BCUT2D eigenvalue weighted by molar-refractivity contribution is 7.92. The van der Waals surface area contributed by atoms with Crippen LogP contribution in [0.4, 0.5) is 11.4 Å². The van der Waals surface area contributed by atoms with Crippen LogP contribution < -0.4 is 14.4 Å². The van der Waals surface area contributed by atoms with Gasteiger partial charge in [0.25, 0.3) is 10.0 Å². The lowest BCUT2D eigenvalue weighted by atomic mass is 10.2. The maximum Gasteiger partial charge on any atom is 0.264 e. The standard InChI is InChI=1S/C22H21ClN2O4S/c1-16-6-12-21(13-7-16)30(27,28)25(19-8-10-20(29-2)11-9-19)15-22(26)24-18-5-3-4-17(23)14-18/h3-14H,15H2,1-2H3,(H,24,26). The Bertz CT molecular complexity index is 1130. The second-order valence-corrected chi connectivity index (χ2v) is 8.88. The van der Waals surface area contributed by atoms with Crippen molar-refractivity contribution in [3.8, 4) is 5.75 Å². The number of carbonyl (C=O) groups excluding carboxylic acids is 1. The van der Waals surface area contributed by atoms with Gasteiger partial charge in [-0.25, -0.2) is 8.42 Å². The average Bonchev–Trinajstić information content (AvgIpc) is 2.72. The van der Waals surface area contributed by atoms with Crippen molar-refractivity contribution in [3.63, 3.8) is 0 Å².